The second-order valence-electron chi connectivity index (χ2n) is 6.64. The average molecular weight is 342 g/mol. The van der Waals surface area contributed by atoms with E-state index >= 15 is 0 Å². The Morgan fingerprint density at radius 3 is 2.32 bits per heavy atom. The summed E-state index contributed by atoms with van der Waals surface area (Å²) in [7, 11) is 0. The number of H-pyrrole nitrogens is 1. The van der Waals surface area contributed by atoms with Crippen LogP contribution in [0.2, 0.25) is 0 Å². The Kier molecular flexibility index (Phi) is 7.71. The van der Waals surface area contributed by atoms with E-state index in [1.165, 1.54) is 10.1 Å². The third-order valence-electron chi connectivity index (χ3n) is 4.59. The van der Waals surface area contributed by atoms with E-state index in [2.05, 4.69) is 31.0 Å². The van der Waals surface area contributed by atoms with Gasteiger partial charge in [0.15, 0.2) is 0 Å². The third-order valence-corrected chi connectivity index (χ3v) is 4.59. The lowest BCUT2D eigenvalue weighted by atomic mass is 10.0. The molecule has 1 aromatic carbocycles. The van der Waals surface area contributed by atoms with Gasteiger partial charge in [-0.1, -0.05) is 63.4 Å². The molecule has 1 N–H and O–H groups in total. The first-order valence-electron chi connectivity index (χ1n) is 9.56. The molecule has 0 aliphatic carbocycles. The molecular weight excluding hydrogens is 312 g/mol. The summed E-state index contributed by atoms with van der Waals surface area (Å²) in [5.74, 6) is 0. The summed E-state index contributed by atoms with van der Waals surface area (Å²) in [4.78, 5) is 28.2. The average Bonchev–Trinajstić information content (AvgIpc) is 2.61. The van der Waals surface area contributed by atoms with Gasteiger partial charge in [0.2, 0.25) is 0 Å². The molecule has 0 saturated heterocycles. The second kappa shape index (κ2) is 10.0. The number of hydrogen-bond acceptors (Lipinski definition) is 2. The number of hydrogen-bond donors (Lipinski definition) is 1. The van der Waals surface area contributed by atoms with E-state index in [1.54, 1.807) is 0 Å². The summed E-state index contributed by atoms with van der Waals surface area (Å²) in [6.45, 7) is 4.69. The zero-order chi connectivity index (χ0) is 18.1. The summed E-state index contributed by atoms with van der Waals surface area (Å²) in [5.41, 5.74) is 2.54. The Hall–Kier alpha value is -2.10. The lowest BCUT2D eigenvalue weighted by Crippen LogP contribution is -2.39. The molecule has 0 atom stereocenters. The van der Waals surface area contributed by atoms with Crippen molar-refractivity contribution in [1.29, 1.82) is 0 Å². The molecule has 0 aliphatic heterocycles. The fourth-order valence-corrected chi connectivity index (χ4v) is 3.22. The quantitative estimate of drug-likeness (QED) is 0.667. The van der Waals surface area contributed by atoms with E-state index in [0.717, 1.165) is 62.6 Å². The number of unbranched alkanes of at least 4 members (excludes halogenated alkanes) is 2. The van der Waals surface area contributed by atoms with Crippen molar-refractivity contribution in [3.8, 4) is 0 Å². The van der Waals surface area contributed by atoms with Crippen LogP contribution >= 0.6 is 0 Å². The fraction of sp³-hybridized carbons (Fsp3) is 0.524. The lowest BCUT2D eigenvalue weighted by molar-refractivity contribution is 0.571. The van der Waals surface area contributed by atoms with Crippen LogP contribution in [0.15, 0.2) is 39.9 Å². The summed E-state index contributed by atoms with van der Waals surface area (Å²) < 4.78 is 1.39. The van der Waals surface area contributed by atoms with Gasteiger partial charge in [-0.3, -0.25) is 9.36 Å². The summed E-state index contributed by atoms with van der Waals surface area (Å²) in [6, 6.07) is 10.2. The predicted octanol–water partition coefficient (Wildman–Crippen LogP) is 3.85. The van der Waals surface area contributed by atoms with Crippen LogP contribution in [0, 0.1) is 0 Å². The zero-order valence-electron chi connectivity index (χ0n) is 15.5. The Morgan fingerprint density at radius 2 is 1.64 bits per heavy atom. The molecule has 1 heterocycles. The minimum Gasteiger partial charge on any atom is -0.311 e. The highest BCUT2D eigenvalue weighted by Crippen LogP contribution is 2.08. The molecule has 0 fully saturated rings. The van der Waals surface area contributed by atoms with Gasteiger partial charge >= 0.3 is 5.69 Å². The normalized spacial score (nSPS) is 11.0. The van der Waals surface area contributed by atoms with Crippen LogP contribution in [0.5, 0.6) is 0 Å². The van der Waals surface area contributed by atoms with E-state index in [-0.39, 0.29) is 11.2 Å². The molecule has 0 spiro atoms. The van der Waals surface area contributed by atoms with E-state index < -0.39 is 0 Å². The van der Waals surface area contributed by atoms with Crippen LogP contribution in [0.1, 0.15) is 62.8 Å². The van der Waals surface area contributed by atoms with Crippen LogP contribution < -0.4 is 11.2 Å². The maximum Gasteiger partial charge on any atom is 0.328 e. The monoisotopic (exact) mass is 342 g/mol. The number of benzene rings is 1. The Morgan fingerprint density at radius 1 is 0.880 bits per heavy atom. The lowest BCUT2D eigenvalue weighted by Gasteiger charge is -2.12. The molecule has 4 nitrogen and oxygen atoms in total. The van der Waals surface area contributed by atoms with Gasteiger partial charge in [0, 0.05) is 17.8 Å². The molecule has 2 aromatic rings. The second-order valence-corrected chi connectivity index (χ2v) is 6.64. The first-order valence-corrected chi connectivity index (χ1v) is 9.56. The van der Waals surface area contributed by atoms with Crippen molar-refractivity contribution in [2.24, 2.45) is 0 Å². The van der Waals surface area contributed by atoms with E-state index in [0.29, 0.717) is 6.54 Å². The van der Waals surface area contributed by atoms with Crippen LogP contribution in [-0.4, -0.2) is 9.55 Å². The van der Waals surface area contributed by atoms with Crippen LogP contribution in [-0.2, 0) is 25.8 Å². The first kappa shape index (κ1) is 19.2. The fourth-order valence-electron chi connectivity index (χ4n) is 3.22. The van der Waals surface area contributed by atoms with E-state index in [4.69, 9.17) is 0 Å². The highest BCUT2D eigenvalue weighted by Gasteiger charge is 2.13. The molecule has 0 bridgehead atoms. The largest absolute Gasteiger partial charge is 0.328 e. The van der Waals surface area contributed by atoms with Gasteiger partial charge in [-0.05, 0) is 37.7 Å². The van der Waals surface area contributed by atoms with Crippen molar-refractivity contribution in [2.45, 2.75) is 71.8 Å². The van der Waals surface area contributed by atoms with Crippen LogP contribution in [0.25, 0.3) is 0 Å². The molecule has 0 unspecified atom stereocenters. The Bertz CT molecular complexity index is 760. The zero-order valence-corrected chi connectivity index (χ0v) is 15.5. The standard InChI is InChI=1S/C21H30N2O2/c1-3-5-7-15-18-19(11-4-2)22-21(25)23(20(18)24)16-10-14-17-12-8-6-9-13-17/h6,8-9,12-13H,3-5,7,10-11,14-16H2,1-2H3,(H,22,25). The number of aromatic amines is 1. The highest BCUT2D eigenvalue weighted by atomic mass is 16.2. The number of nitrogens with zero attached hydrogens (tertiary/aromatic N) is 1. The molecular formula is C21H30N2O2. The van der Waals surface area contributed by atoms with Gasteiger partial charge in [-0.15, -0.1) is 0 Å². The van der Waals surface area contributed by atoms with Gasteiger partial charge < -0.3 is 4.98 Å². The molecule has 136 valence electrons. The Labute approximate surface area is 149 Å². The minimum absolute atomic E-state index is 0.0867. The van der Waals surface area contributed by atoms with Crippen molar-refractivity contribution in [2.75, 3.05) is 0 Å². The number of aryl methyl sites for hydroxylation is 2. The number of aromatic nitrogens is 2. The van der Waals surface area contributed by atoms with Crippen molar-refractivity contribution < 1.29 is 0 Å². The number of nitrogens with one attached hydrogen (secondary N) is 1. The van der Waals surface area contributed by atoms with Crippen molar-refractivity contribution >= 4 is 0 Å². The topological polar surface area (TPSA) is 54.9 Å². The molecule has 0 saturated carbocycles. The summed E-state index contributed by atoms with van der Waals surface area (Å²) in [6.07, 6.45) is 7.33. The Balaban J connectivity index is 2.17. The van der Waals surface area contributed by atoms with Gasteiger partial charge in [0.1, 0.15) is 0 Å². The smallest absolute Gasteiger partial charge is 0.311 e. The minimum atomic E-state index is -0.263. The molecule has 0 amide bonds. The maximum atomic E-state index is 12.9. The molecule has 0 radical (unpaired) electrons. The van der Waals surface area contributed by atoms with Gasteiger partial charge in [0.25, 0.3) is 5.56 Å². The van der Waals surface area contributed by atoms with Gasteiger partial charge in [-0.25, -0.2) is 4.79 Å². The summed E-state index contributed by atoms with van der Waals surface area (Å²) in [5, 5.41) is 0. The third kappa shape index (κ3) is 5.45. The van der Waals surface area contributed by atoms with Crippen molar-refractivity contribution in [3.63, 3.8) is 0 Å². The summed E-state index contributed by atoms with van der Waals surface area (Å²) >= 11 is 0. The molecule has 25 heavy (non-hydrogen) atoms. The predicted molar refractivity (Wildman–Crippen MR) is 103 cm³/mol. The van der Waals surface area contributed by atoms with E-state index in [9.17, 15) is 9.59 Å². The molecule has 2 rings (SSSR count). The SMILES string of the molecule is CCCCCc1c(CCC)[nH]c(=O)n(CCCc2ccccc2)c1=O. The molecule has 4 heteroatoms. The van der Waals surface area contributed by atoms with Crippen molar-refractivity contribution in [1.82, 2.24) is 9.55 Å². The van der Waals surface area contributed by atoms with Crippen LogP contribution in [0.3, 0.4) is 0 Å². The van der Waals surface area contributed by atoms with Crippen LogP contribution in [0.4, 0.5) is 0 Å². The molecule has 0 aliphatic rings. The maximum absolute atomic E-state index is 12.9. The van der Waals surface area contributed by atoms with Gasteiger partial charge in [0.05, 0.1) is 0 Å². The number of rotatable bonds is 10. The van der Waals surface area contributed by atoms with Crippen molar-refractivity contribution in [3.05, 3.63) is 68.0 Å². The highest BCUT2D eigenvalue weighted by molar-refractivity contribution is 5.18. The van der Waals surface area contributed by atoms with E-state index in [1.807, 2.05) is 18.2 Å². The first-order chi connectivity index (χ1) is 12.2. The van der Waals surface area contributed by atoms with Gasteiger partial charge in [-0.2, -0.15) is 0 Å². The molecule has 1 aromatic heterocycles.